The first-order valence-electron chi connectivity index (χ1n) is 15.0. The summed E-state index contributed by atoms with van der Waals surface area (Å²) in [6.07, 6.45) is 1.47. The van der Waals surface area contributed by atoms with Crippen LogP contribution in [0.1, 0.15) is 57.5 Å². The molecule has 1 aliphatic heterocycles. The molecule has 226 valence electrons. The lowest BCUT2D eigenvalue weighted by molar-refractivity contribution is -0.132. The summed E-state index contributed by atoms with van der Waals surface area (Å²) in [6.45, 7) is 4.65. The van der Waals surface area contributed by atoms with Crippen molar-refractivity contribution in [2.75, 3.05) is 36.4 Å². The molecule has 0 aromatic heterocycles. The van der Waals surface area contributed by atoms with E-state index in [1.807, 2.05) is 54.3 Å². The Labute approximate surface area is 257 Å². The van der Waals surface area contributed by atoms with Gasteiger partial charge in [0.25, 0.3) is 11.8 Å². The van der Waals surface area contributed by atoms with Crippen molar-refractivity contribution in [3.63, 3.8) is 0 Å². The first kappa shape index (κ1) is 30.5. The van der Waals surface area contributed by atoms with Gasteiger partial charge >= 0.3 is 0 Å². The molecule has 1 heterocycles. The molecule has 0 spiro atoms. The molecule has 1 fully saturated rings. The fourth-order valence-electron chi connectivity index (χ4n) is 5.58. The van der Waals surface area contributed by atoms with Gasteiger partial charge in [-0.15, -0.1) is 0 Å². The van der Waals surface area contributed by atoms with Crippen LogP contribution in [0.15, 0.2) is 103 Å². The smallest absolute Gasteiger partial charge is 0.255 e. The van der Waals surface area contributed by atoms with Gasteiger partial charge in [0.05, 0.1) is 11.5 Å². The third-order valence-corrected chi connectivity index (χ3v) is 7.96. The van der Waals surface area contributed by atoms with E-state index in [1.54, 1.807) is 48.5 Å². The zero-order valence-corrected chi connectivity index (χ0v) is 24.8. The summed E-state index contributed by atoms with van der Waals surface area (Å²) in [6, 6.07) is 30.1. The second-order valence-electron chi connectivity index (χ2n) is 10.9. The topological polar surface area (TPSA) is 81.8 Å². The van der Waals surface area contributed by atoms with E-state index in [-0.39, 0.29) is 36.0 Å². The monoisotopic (exact) mass is 592 g/mol. The van der Waals surface area contributed by atoms with E-state index in [0.717, 1.165) is 29.7 Å². The van der Waals surface area contributed by atoms with Crippen molar-refractivity contribution in [3.8, 4) is 0 Å². The Morgan fingerprint density at radius 3 is 2.20 bits per heavy atom. The molecule has 1 aliphatic rings. The van der Waals surface area contributed by atoms with E-state index in [4.69, 9.17) is 0 Å². The highest BCUT2D eigenvalue weighted by molar-refractivity contribution is 6.06. The Kier molecular flexibility index (Phi) is 10.0. The number of amides is 3. The van der Waals surface area contributed by atoms with Crippen LogP contribution in [-0.4, -0.2) is 48.8 Å². The molecule has 8 heteroatoms. The van der Waals surface area contributed by atoms with Crippen LogP contribution in [-0.2, 0) is 11.3 Å². The zero-order valence-electron chi connectivity index (χ0n) is 24.8. The quantitative estimate of drug-likeness (QED) is 0.241. The second-order valence-corrected chi connectivity index (χ2v) is 10.9. The van der Waals surface area contributed by atoms with Gasteiger partial charge in [-0.1, -0.05) is 67.6 Å². The van der Waals surface area contributed by atoms with Gasteiger partial charge in [-0.25, -0.2) is 4.39 Å². The van der Waals surface area contributed by atoms with Crippen LogP contribution >= 0.6 is 0 Å². The number of benzene rings is 4. The number of carbonyl (C=O) groups is 3. The summed E-state index contributed by atoms with van der Waals surface area (Å²) in [4.78, 5) is 44.1. The first-order chi connectivity index (χ1) is 21.4. The Balaban J connectivity index is 1.35. The molecule has 5 rings (SSSR count). The largest absolute Gasteiger partial charge is 0.369 e. The van der Waals surface area contributed by atoms with E-state index in [0.29, 0.717) is 43.0 Å². The first-order valence-corrected chi connectivity index (χ1v) is 15.0. The van der Waals surface area contributed by atoms with Crippen molar-refractivity contribution >= 4 is 29.1 Å². The summed E-state index contributed by atoms with van der Waals surface area (Å²) in [5, 5.41) is 5.84. The maximum absolute atomic E-state index is 13.6. The van der Waals surface area contributed by atoms with Crippen molar-refractivity contribution in [2.24, 2.45) is 0 Å². The van der Waals surface area contributed by atoms with Crippen molar-refractivity contribution in [3.05, 3.63) is 131 Å². The van der Waals surface area contributed by atoms with E-state index in [9.17, 15) is 18.8 Å². The highest BCUT2D eigenvalue weighted by Crippen LogP contribution is 2.28. The van der Waals surface area contributed by atoms with Crippen LogP contribution in [0, 0.1) is 5.82 Å². The molecule has 0 saturated carbocycles. The van der Waals surface area contributed by atoms with Crippen molar-refractivity contribution < 1.29 is 18.8 Å². The number of hydrogen-bond donors (Lipinski definition) is 2. The molecular formula is C36H37FN4O3. The number of rotatable bonds is 9. The van der Waals surface area contributed by atoms with Gasteiger partial charge < -0.3 is 20.4 Å². The van der Waals surface area contributed by atoms with E-state index in [1.165, 1.54) is 12.1 Å². The minimum Gasteiger partial charge on any atom is -0.369 e. The average Bonchev–Trinajstić information content (AvgIpc) is 3.32. The molecule has 4 aromatic carbocycles. The van der Waals surface area contributed by atoms with E-state index >= 15 is 0 Å². The van der Waals surface area contributed by atoms with Crippen molar-refractivity contribution in [2.45, 2.75) is 32.2 Å². The summed E-state index contributed by atoms with van der Waals surface area (Å²) >= 11 is 0. The summed E-state index contributed by atoms with van der Waals surface area (Å²) in [5.74, 6) is -0.997. The van der Waals surface area contributed by atoms with Crippen molar-refractivity contribution in [1.82, 2.24) is 10.2 Å². The number of anilines is 2. The SMILES string of the molecule is CC[C@H](C(=O)N1CCCN(c2ccc(NC(=O)c3ccccc3)cc2C(=O)NCc2ccc(F)cc2)CC1)c1ccccc1. The molecule has 1 saturated heterocycles. The van der Waals surface area contributed by atoms with Crippen LogP contribution in [0.2, 0.25) is 0 Å². The molecule has 1 atom stereocenters. The molecule has 44 heavy (non-hydrogen) atoms. The van der Waals surface area contributed by atoms with Crippen LogP contribution < -0.4 is 15.5 Å². The van der Waals surface area contributed by atoms with Crippen LogP contribution in [0.5, 0.6) is 0 Å². The van der Waals surface area contributed by atoms with Gasteiger partial charge in [-0.05, 0) is 66.4 Å². The molecule has 7 nitrogen and oxygen atoms in total. The Hall–Kier alpha value is -4.98. The third kappa shape index (κ3) is 7.50. The zero-order chi connectivity index (χ0) is 30.9. The molecule has 0 bridgehead atoms. The molecule has 0 unspecified atom stereocenters. The van der Waals surface area contributed by atoms with Crippen LogP contribution in [0.25, 0.3) is 0 Å². The number of nitrogens with zero attached hydrogens (tertiary/aromatic N) is 2. The summed E-state index contributed by atoms with van der Waals surface area (Å²) < 4.78 is 13.4. The number of nitrogens with one attached hydrogen (secondary N) is 2. The van der Waals surface area contributed by atoms with E-state index in [2.05, 4.69) is 15.5 Å². The van der Waals surface area contributed by atoms with Crippen molar-refractivity contribution in [1.29, 1.82) is 0 Å². The van der Waals surface area contributed by atoms with Gasteiger partial charge in [-0.3, -0.25) is 14.4 Å². The lowest BCUT2D eigenvalue weighted by Crippen LogP contribution is -2.38. The molecule has 4 aromatic rings. The van der Waals surface area contributed by atoms with Gasteiger partial charge in [0, 0.05) is 49.7 Å². The highest BCUT2D eigenvalue weighted by Gasteiger charge is 2.27. The maximum Gasteiger partial charge on any atom is 0.255 e. The molecule has 3 amide bonds. The number of carbonyl (C=O) groups excluding carboxylic acids is 3. The molecule has 0 radical (unpaired) electrons. The van der Waals surface area contributed by atoms with Crippen LogP contribution in [0.4, 0.5) is 15.8 Å². The second kappa shape index (κ2) is 14.5. The summed E-state index contributed by atoms with van der Waals surface area (Å²) in [7, 11) is 0. The third-order valence-electron chi connectivity index (χ3n) is 7.96. The van der Waals surface area contributed by atoms with Gasteiger partial charge in [0.1, 0.15) is 5.82 Å². The van der Waals surface area contributed by atoms with E-state index < -0.39 is 0 Å². The fourth-order valence-corrected chi connectivity index (χ4v) is 5.58. The standard InChI is InChI=1S/C36H37FN4O3/c1-2-31(27-10-5-3-6-11-27)36(44)41-21-9-20-40(22-23-41)33-19-18-30(39-34(42)28-12-7-4-8-13-28)24-32(33)35(43)38-25-26-14-16-29(37)17-15-26/h3-8,10-19,24,31H,2,9,20-23,25H2,1H3,(H,38,43)(H,39,42)/t31-/m0/s1. The lowest BCUT2D eigenvalue weighted by atomic mass is 9.95. The molecule has 2 N–H and O–H groups in total. The van der Waals surface area contributed by atoms with Gasteiger partial charge in [-0.2, -0.15) is 0 Å². The normalized spacial score (nSPS) is 14.0. The van der Waals surface area contributed by atoms with Crippen LogP contribution in [0.3, 0.4) is 0 Å². The van der Waals surface area contributed by atoms with Gasteiger partial charge in [0.2, 0.25) is 5.91 Å². The predicted octanol–water partition coefficient (Wildman–Crippen LogP) is 6.24. The predicted molar refractivity (Wildman–Crippen MR) is 171 cm³/mol. The Morgan fingerprint density at radius 1 is 0.795 bits per heavy atom. The number of halogens is 1. The fraction of sp³-hybridized carbons (Fsp3) is 0.250. The molecule has 0 aliphatic carbocycles. The number of hydrogen-bond acceptors (Lipinski definition) is 4. The average molecular weight is 593 g/mol. The molecular weight excluding hydrogens is 555 g/mol. The Morgan fingerprint density at radius 2 is 1.50 bits per heavy atom. The maximum atomic E-state index is 13.6. The lowest BCUT2D eigenvalue weighted by Gasteiger charge is -2.28. The minimum atomic E-state index is -0.341. The minimum absolute atomic E-state index is 0.122. The highest BCUT2D eigenvalue weighted by atomic mass is 19.1. The Bertz CT molecular complexity index is 1580. The van der Waals surface area contributed by atoms with Gasteiger partial charge in [0.15, 0.2) is 0 Å². The summed E-state index contributed by atoms with van der Waals surface area (Å²) in [5.41, 5.74) is 3.93.